The number of nitrogens with one attached hydrogen (secondary N) is 1. The minimum absolute atomic E-state index is 0.0306. The molecule has 0 atom stereocenters. The third-order valence-corrected chi connectivity index (χ3v) is 5.64. The van der Waals surface area contributed by atoms with Crippen molar-refractivity contribution in [2.24, 2.45) is 0 Å². The molecule has 1 aliphatic rings. The number of likely N-dealkylation sites (tertiary alicyclic amines) is 1. The lowest BCUT2D eigenvalue weighted by Gasteiger charge is -2.32. The highest BCUT2D eigenvalue weighted by atomic mass is 79.9. The molecule has 1 aromatic heterocycles. The number of halogens is 2. The molecule has 0 bridgehead atoms. The lowest BCUT2D eigenvalue weighted by molar-refractivity contribution is 0.0694. The molecule has 24 heavy (non-hydrogen) atoms. The van der Waals surface area contributed by atoms with Gasteiger partial charge in [0.15, 0.2) is 0 Å². The predicted octanol–water partition coefficient (Wildman–Crippen LogP) is 3.68. The molecule has 1 N–H and O–H groups in total. The fourth-order valence-corrected chi connectivity index (χ4v) is 4.01. The van der Waals surface area contributed by atoms with Gasteiger partial charge in [0.05, 0.1) is 14.2 Å². The molecule has 0 aliphatic carbocycles. The van der Waals surface area contributed by atoms with Crippen LogP contribution in [0.25, 0.3) is 0 Å². The third kappa shape index (κ3) is 3.84. The van der Waals surface area contributed by atoms with Gasteiger partial charge in [-0.25, -0.2) is 4.39 Å². The monoisotopic (exact) mass is 410 g/mol. The van der Waals surface area contributed by atoms with Crippen LogP contribution in [0.2, 0.25) is 0 Å². The maximum absolute atomic E-state index is 13.7. The number of hydrogen-bond donors (Lipinski definition) is 1. The Labute approximate surface area is 151 Å². The zero-order valence-electron chi connectivity index (χ0n) is 12.8. The Balaban J connectivity index is 1.55. The van der Waals surface area contributed by atoms with E-state index < -0.39 is 5.82 Å². The number of carbonyl (C=O) groups is 2. The van der Waals surface area contributed by atoms with E-state index in [2.05, 4.69) is 21.2 Å². The molecule has 1 aromatic carbocycles. The highest BCUT2D eigenvalue weighted by Crippen LogP contribution is 2.22. The molecule has 0 spiro atoms. The smallest absolute Gasteiger partial charge is 0.261 e. The van der Waals surface area contributed by atoms with Crippen LogP contribution in [-0.4, -0.2) is 35.8 Å². The van der Waals surface area contributed by atoms with E-state index >= 15 is 0 Å². The quantitative estimate of drug-likeness (QED) is 0.838. The first kappa shape index (κ1) is 17.1. The molecule has 1 aliphatic heterocycles. The molecular weight excluding hydrogens is 395 g/mol. The van der Waals surface area contributed by atoms with Crippen LogP contribution >= 0.6 is 27.3 Å². The summed E-state index contributed by atoms with van der Waals surface area (Å²) in [5.41, 5.74) is 0.100. The summed E-state index contributed by atoms with van der Waals surface area (Å²) >= 11 is 4.73. The van der Waals surface area contributed by atoms with Crippen molar-refractivity contribution in [3.8, 4) is 0 Å². The third-order valence-electron chi connectivity index (χ3n) is 4.02. The molecule has 0 saturated carbocycles. The summed E-state index contributed by atoms with van der Waals surface area (Å²) in [5, 5.41) is 3.00. The van der Waals surface area contributed by atoms with E-state index in [1.807, 2.05) is 6.07 Å². The molecule has 2 heterocycles. The topological polar surface area (TPSA) is 49.4 Å². The normalized spacial score (nSPS) is 15.3. The first-order valence-electron chi connectivity index (χ1n) is 7.64. The van der Waals surface area contributed by atoms with Crippen LogP contribution in [0.4, 0.5) is 4.39 Å². The first-order valence-corrected chi connectivity index (χ1v) is 9.25. The van der Waals surface area contributed by atoms with E-state index in [9.17, 15) is 14.0 Å². The van der Waals surface area contributed by atoms with Crippen LogP contribution in [0.3, 0.4) is 0 Å². The van der Waals surface area contributed by atoms with Gasteiger partial charge in [0, 0.05) is 19.1 Å². The van der Waals surface area contributed by atoms with Gasteiger partial charge in [0.1, 0.15) is 5.82 Å². The van der Waals surface area contributed by atoms with Crippen LogP contribution in [0.5, 0.6) is 0 Å². The molecule has 1 fully saturated rings. The Hall–Kier alpha value is -1.73. The number of thiophene rings is 1. The summed E-state index contributed by atoms with van der Waals surface area (Å²) in [5.74, 6) is -0.883. The van der Waals surface area contributed by atoms with Crippen LogP contribution in [0, 0.1) is 5.82 Å². The van der Waals surface area contributed by atoms with Crippen molar-refractivity contribution in [2.75, 3.05) is 13.1 Å². The van der Waals surface area contributed by atoms with Gasteiger partial charge in [0.2, 0.25) is 0 Å². The van der Waals surface area contributed by atoms with Crippen molar-refractivity contribution < 1.29 is 14.0 Å². The van der Waals surface area contributed by atoms with Gasteiger partial charge >= 0.3 is 0 Å². The maximum Gasteiger partial charge on any atom is 0.261 e. The van der Waals surface area contributed by atoms with Crippen LogP contribution < -0.4 is 5.32 Å². The van der Waals surface area contributed by atoms with Gasteiger partial charge in [-0.15, -0.1) is 11.3 Å². The summed E-state index contributed by atoms with van der Waals surface area (Å²) in [6, 6.07) is 9.66. The number of piperidine rings is 1. The van der Waals surface area contributed by atoms with E-state index in [0.717, 1.165) is 3.79 Å². The van der Waals surface area contributed by atoms with E-state index in [1.54, 1.807) is 23.1 Å². The Bertz CT molecular complexity index is 757. The Morgan fingerprint density at radius 1 is 1.17 bits per heavy atom. The summed E-state index contributed by atoms with van der Waals surface area (Å²) in [4.78, 5) is 26.8. The average Bonchev–Trinajstić information content (AvgIpc) is 3.02. The van der Waals surface area contributed by atoms with Gasteiger partial charge in [-0.05, 0) is 53.0 Å². The second kappa shape index (κ2) is 7.44. The molecule has 2 amide bonds. The van der Waals surface area contributed by atoms with Crippen molar-refractivity contribution in [1.29, 1.82) is 0 Å². The fourth-order valence-electron chi connectivity index (χ4n) is 2.72. The zero-order valence-corrected chi connectivity index (χ0v) is 15.2. The Kier molecular flexibility index (Phi) is 5.30. The summed E-state index contributed by atoms with van der Waals surface area (Å²) in [7, 11) is 0. The Morgan fingerprint density at radius 3 is 2.50 bits per heavy atom. The van der Waals surface area contributed by atoms with E-state index in [4.69, 9.17) is 0 Å². The van der Waals surface area contributed by atoms with Crippen molar-refractivity contribution in [2.45, 2.75) is 18.9 Å². The predicted molar refractivity (Wildman–Crippen MR) is 94.8 cm³/mol. The summed E-state index contributed by atoms with van der Waals surface area (Å²) < 4.78 is 14.6. The van der Waals surface area contributed by atoms with Crippen molar-refractivity contribution in [3.63, 3.8) is 0 Å². The number of benzene rings is 1. The molecule has 4 nitrogen and oxygen atoms in total. The fraction of sp³-hybridized carbons (Fsp3) is 0.294. The molecule has 1 saturated heterocycles. The number of carbonyl (C=O) groups excluding carboxylic acids is 2. The molecule has 126 valence electrons. The maximum atomic E-state index is 13.7. The summed E-state index contributed by atoms with van der Waals surface area (Å²) in [6.07, 6.45) is 1.33. The van der Waals surface area contributed by atoms with Gasteiger partial charge in [0.25, 0.3) is 11.8 Å². The molecular formula is C17H16BrFN2O2S. The second-order valence-electron chi connectivity index (χ2n) is 5.62. The van der Waals surface area contributed by atoms with Gasteiger partial charge in [-0.2, -0.15) is 0 Å². The van der Waals surface area contributed by atoms with Crippen LogP contribution in [-0.2, 0) is 0 Å². The van der Waals surface area contributed by atoms with Crippen LogP contribution in [0.15, 0.2) is 40.2 Å². The lowest BCUT2D eigenvalue weighted by Crippen LogP contribution is -2.46. The SMILES string of the molecule is O=C(NC1CCN(C(=O)c2ccccc2F)CC1)c1ccc(Br)s1. The van der Waals surface area contributed by atoms with E-state index in [1.165, 1.54) is 23.5 Å². The molecule has 2 aromatic rings. The standard InChI is InChI=1S/C17H16BrFN2O2S/c18-15-6-5-14(24-15)16(22)20-11-7-9-21(10-8-11)17(23)12-3-1-2-4-13(12)19/h1-6,11H,7-10H2,(H,20,22). The highest BCUT2D eigenvalue weighted by Gasteiger charge is 2.26. The number of nitrogens with zero attached hydrogens (tertiary/aromatic N) is 1. The van der Waals surface area contributed by atoms with Crippen molar-refractivity contribution in [1.82, 2.24) is 10.2 Å². The minimum atomic E-state index is -0.499. The lowest BCUT2D eigenvalue weighted by atomic mass is 10.0. The molecule has 0 radical (unpaired) electrons. The van der Waals surface area contributed by atoms with Gasteiger partial charge in [-0.3, -0.25) is 9.59 Å². The molecule has 7 heteroatoms. The Morgan fingerprint density at radius 2 is 1.88 bits per heavy atom. The van der Waals surface area contributed by atoms with Crippen molar-refractivity contribution >= 4 is 39.1 Å². The van der Waals surface area contributed by atoms with Gasteiger partial charge in [-0.1, -0.05) is 12.1 Å². The van der Waals surface area contributed by atoms with E-state index in [0.29, 0.717) is 30.8 Å². The summed E-state index contributed by atoms with van der Waals surface area (Å²) in [6.45, 7) is 1.01. The molecule has 3 rings (SSSR count). The number of amides is 2. The first-order chi connectivity index (χ1) is 11.5. The minimum Gasteiger partial charge on any atom is -0.348 e. The highest BCUT2D eigenvalue weighted by molar-refractivity contribution is 9.11. The van der Waals surface area contributed by atoms with Gasteiger partial charge < -0.3 is 10.2 Å². The van der Waals surface area contributed by atoms with Crippen molar-refractivity contribution in [3.05, 3.63) is 56.4 Å². The largest absolute Gasteiger partial charge is 0.348 e. The second-order valence-corrected chi connectivity index (χ2v) is 8.09. The van der Waals surface area contributed by atoms with E-state index in [-0.39, 0.29) is 23.4 Å². The number of hydrogen-bond acceptors (Lipinski definition) is 3. The molecule has 0 unspecified atom stereocenters. The average molecular weight is 411 g/mol. The zero-order chi connectivity index (χ0) is 17.1. The number of rotatable bonds is 3. The van der Waals surface area contributed by atoms with Crippen LogP contribution in [0.1, 0.15) is 32.9 Å².